The Morgan fingerprint density at radius 2 is 1.83 bits per heavy atom. The maximum Gasteiger partial charge on any atom is 0.265 e. The van der Waals surface area contributed by atoms with Gasteiger partial charge < -0.3 is 15.4 Å². The first-order valence-electron chi connectivity index (χ1n) is 7.43. The van der Waals surface area contributed by atoms with Crippen LogP contribution >= 0.6 is 0 Å². The molecule has 2 aromatic rings. The Morgan fingerprint density at radius 3 is 2.52 bits per heavy atom. The van der Waals surface area contributed by atoms with Gasteiger partial charge in [0.25, 0.3) is 11.8 Å². The Morgan fingerprint density at radius 1 is 1.13 bits per heavy atom. The second-order valence-corrected chi connectivity index (χ2v) is 5.79. The minimum Gasteiger partial charge on any atom is -0.479 e. The lowest BCUT2D eigenvalue weighted by Gasteiger charge is -2.23. The Kier molecular flexibility index (Phi) is 3.78. The van der Waals surface area contributed by atoms with Crippen LogP contribution in [0, 0.1) is 13.8 Å². The highest BCUT2D eigenvalue weighted by atomic mass is 16.5. The maximum absolute atomic E-state index is 12.4. The summed E-state index contributed by atoms with van der Waals surface area (Å²) in [5, 5.41) is 5.62. The largest absolute Gasteiger partial charge is 0.479 e. The molecule has 1 heterocycles. The van der Waals surface area contributed by atoms with Crippen LogP contribution in [0.1, 0.15) is 28.4 Å². The fraction of sp³-hybridized carbons (Fsp3) is 0.222. The smallest absolute Gasteiger partial charge is 0.265 e. The van der Waals surface area contributed by atoms with Crippen LogP contribution in [0.25, 0.3) is 0 Å². The number of rotatable bonds is 2. The summed E-state index contributed by atoms with van der Waals surface area (Å²) in [6.07, 6.45) is -0.530. The Labute approximate surface area is 134 Å². The maximum atomic E-state index is 12.4. The Balaban J connectivity index is 1.83. The molecule has 1 atom stereocenters. The summed E-state index contributed by atoms with van der Waals surface area (Å²) in [7, 11) is 0. The second-order valence-electron chi connectivity index (χ2n) is 5.79. The lowest BCUT2D eigenvalue weighted by atomic mass is 10.1. The van der Waals surface area contributed by atoms with Crippen molar-refractivity contribution in [2.75, 3.05) is 10.6 Å². The third-order valence-electron chi connectivity index (χ3n) is 3.65. The van der Waals surface area contributed by atoms with Gasteiger partial charge in [-0.25, -0.2) is 0 Å². The summed E-state index contributed by atoms with van der Waals surface area (Å²) in [6.45, 7) is 5.64. The van der Waals surface area contributed by atoms with Crippen LogP contribution in [-0.2, 0) is 4.79 Å². The van der Waals surface area contributed by atoms with Gasteiger partial charge in [0, 0.05) is 11.3 Å². The van der Waals surface area contributed by atoms with Crippen molar-refractivity contribution < 1.29 is 14.3 Å². The third kappa shape index (κ3) is 3.18. The molecular weight excluding hydrogens is 292 g/mol. The molecule has 0 saturated heterocycles. The standard InChI is InChI=1S/C18H18N2O3/c1-10-6-11(2)8-14(7-10)19-18(22)13-4-5-16-15(9-13)20-17(21)12(3)23-16/h4-9,12H,1-3H3,(H,19,22)(H,20,21). The van der Waals surface area contributed by atoms with Crippen LogP contribution in [0.2, 0.25) is 0 Å². The van der Waals surface area contributed by atoms with Gasteiger partial charge in [0.2, 0.25) is 0 Å². The van der Waals surface area contributed by atoms with Crippen molar-refractivity contribution in [2.45, 2.75) is 26.9 Å². The first kappa shape index (κ1) is 15.1. The van der Waals surface area contributed by atoms with E-state index in [-0.39, 0.29) is 11.8 Å². The number of nitrogens with one attached hydrogen (secondary N) is 2. The molecule has 118 valence electrons. The molecule has 1 unspecified atom stereocenters. The molecule has 0 saturated carbocycles. The van der Waals surface area contributed by atoms with Crippen molar-refractivity contribution in [1.82, 2.24) is 0 Å². The number of carbonyl (C=O) groups is 2. The molecule has 0 aliphatic carbocycles. The van der Waals surface area contributed by atoms with Gasteiger partial charge in [-0.15, -0.1) is 0 Å². The van der Waals surface area contributed by atoms with E-state index in [1.807, 2.05) is 32.0 Å². The highest BCUT2D eigenvalue weighted by molar-refractivity contribution is 6.06. The van der Waals surface area contributed by atoms with E-state index in [1.54, 1.807) is 25.1 Å². The van der Waals surface area contributed by atoms with E-state index >= 15 is 0 Å². The van der Waals surface area contributed by atoms with Crippen LogP contribution in [0.15, 0.2) is 36.4 Å². The third-order valence-corrected chi connectivity index (χ3v) is 3.65. The predicted molar refractivity (Wildman–Crippen MR) is 89.0 cm³/mol. The average Bonchev–Trinajstić information content (AvgIpc) is 2.47. The molecule has 2 N–H and O–H groups in total. The Bertz CT molecular complexity index is 779. The fourth-order valence-corrected chi connectivity index (χ4v) is 2.60. The van der Waals surface area contributed by atoms with Gasteiger partial charge in [-0.2, -0.15) is 0 Å². The van der Waals surface area contributed by atoms with Crippen molar-refractivity contribution in [3.05, 3.63) is 53.1 Å². The van der Waals surface area contributed by atoms with Gasteiger partial charge in [0.1, 0.15) is 5.75 Å². The molecule has 0 spiro atoms. The van der Waals surface area contributed by atoms with Crippen LogP contribution in [0.3, 0.4) is 0 Å². The summed E-state index contributed by atoms with van der Waals surface area (Å²) >= 11 is 0. The predicted octanol–water partition coefficient (Wildman–Crippen LogP) is 3.28. The summed E-state index contributed by atoms with van der Waals surface area (Å²) in [4.78, 5) is 24.1. The topological polar surface area (TPSA) is 67.4 Å². The summed E-state index contributed by atoms with van der Waals surface area (Å²) < 4.78 is 5.48. The average molecular weight is 310 g/mol. The minimum atomic E-state index is -0.530. The molecule has 0 fully saturated rings. The monoisotopic (exact) mass is 310 g/mol. The molecule has 5 nitrogen and oxygen atoms in total. The number of anilines is 2. The first-order valence-corrected chi connectivity index (χ1v) is 7.43. The number of ether oxygens (including phenoxy) is 1. The van der Waals surface area contributed by atoms with E-state index in [0.29, 0.717) is 17.0 Å². The van der Waals surface area contributed by atoms with Crippen LogP contribution in [0.4, 0.5) is 11.4 Å². The van der Waals surface area contributed by atoms with E-state index in [0.717, 1.165) is 16.8 Å². The van der Waals surface area contributed by atoms with Gasteiger partial charge in [0.05, 0.1) is 5.69 Å². The fourth-order valence-electron chi connectivity index (χ4n) is 2.60. The molecule has 2 amide bonds. The summed E-state index contributed by atoms with van der Waals surface area (Å²) in [6, 6.07) is 10.9. The number of aryl methyl sites for hydroxylation is 2. The number of fused-ring (bicyclic) bond motifs is 1. The van der Waals surface area contributed by atoms with Crippen molar-refractivity contribution >= 4 is 23.2 Å². The normalized spacial score (nSPS) is 16.1. The van der Waals surface area contributed by atoms with Crippen molar-refractivity contribution in [3.63, 3.8) is 0 Å². The van der Waals surface area contributed by atoms with Crippen LogP contribution < -0.4 is 15.4 Å². The highest BCUT2D eigenvalue weighted by Gasteiger charge is 2.24. The zero-order chi connectivity index (χ0) is 16.6. The first-order chi connectivity index (χ1) is 10.9. The highest BCUT2D eigenvalue weighted by Crippen LogP contribution is 2.30. The van der Waals surface area contributed by atoms with E-state index < -0.39 is 6.10 Å². The summed E-state index contributed by atoms with van der Waals surface area (Å²) in [5.41, 5.74) is 3.89. The molecule has 1 aliphatic heterocycles. The van der Waals surface area contributed by atoms with Gasteiger partial charge in [-0.3, -0.25) is 9.59 Å². The number of amides is 2. The van der Waals surface area contributed by atoms with E-state index in [4.69, 9.17) is 4.74 Å². The zero-order valence-corrected chi connectivity index (χ0v) is 13.3. The van der Waals surface area contributed by atoms with Gasteiger partial charge >= 0.3 is 0 Å². The second kappa shape index (κ2) is 5.76. The molecule has 23 heavy (non-hydrogen) atoms. The number of carbonyl (C=O) groups excluding carboxylic acids is 2. The number of hydrogen-bond acceptors (Lipinski definition) is 3. The van der Waals surface area contributed by atoms with E-state index in [2.05, 4.69) is 10.6 Å². The molecular formula is C18H18N2O3. The van der Waals surface area contributed by atoms with Crippen LogP contribution in [-0.4, -0.2) is 17.9 Å². The lowest BCUT2D eigenvalue weighted by molar-refractivity contribution is -0.122. The zero-order valence-electron chi connectivity index (χ0n) is 13.3. The van der Waals surface area contributed by atoms with Crippen molar-refractivity contribution in [2.24, 2.45) is 0 Å². The number of hydrogen-bond donors (Lipinski definition) is 2. The molecule has 5 heteroatoms. The van der Waals surface area contributed by atoms with Gasteiger partial charge in [-0.1, -0.05) is 6.07 Å². The SMILES string of the molecule is Cc1cc(C)cc(NC(=O)c2ccc3c(c2)NC(=O)C(C)O3)c1. The minimum absolute atomic E-state index is 0.218. The molecule has 0 aromatic heterocycles. The Hall–Kier alpha value is -2.82. The molecule has 3 rings (SSSR count). The lowest BCUT2D eigenvalue weighted by Crippen LogP contribution is -2.34. The van der Waals surface area contributed by atoms with E-state index in [9.17, 15) is 9.59 Å². The summed E-state index contributed by atoms with van der Waals surface area (Å²) in [5.74, 6) is 0.120. The van der Waals surface area contributed by atoms with Crippen molar-refractivity contribution in [1.29, 1.82) is 0 Å². The molecule has 0 bridgehead atoms. The van der Waals surface area contributed by atoms with Gasteiger partial charge in [-0.05, 0) is 62.2 Å². The van der Waals surface area contributed by atoms with E-state index in [1.165, 1.54) is 0 Å². The quantitative estimate of drug-likeness (QED) is 0.894. The van der Waals surface area contributed by atoms with Crippen LogP contribution in [0.5, 0.6) is 5.75 Å². The molecule has 2 aromatic carbocycles. The van der Waals surface area contributed by atoms with Gasteiger partial charge in [0.15, 0.2) is 6.10 Å². The number of benzene rings is 2. The molecule has 1 aliphatic rings. The molecule has 0 radical (unpaired) electrons. The van der Waals surface area contributed by atoms with Crippen molar-refractivity contribution in [3.8, 4) is 5.75 Å².